The number of sulfone groups is 2. The van der Waals surface area contributed by atoms with Crippen molar-refractivity contribution in [2.24, 2.45) is 0 Å². The maximum atomic E-state index is 13.5. The molecule has 3 rings (SSSR count). The van der Waals surface area contributed by atoms with Crippen LogP contribution < -0.4 is 0 Å². The van der Waals surface area contributed by atoms with Gasteiger partial charge in [-0.1, -0.05) is 130 Å². The maximum absolute atomic E-state index is 13.5. The molecule has 2 aromatic rings. The zero-order valence-corrected chi connectivity index (χ0v) is 23.7. The van der Waals surface area contributed by atoms with Crippen LogP contribution in [0.5, 0.6) is 0 Å². The highest BCUT2D eigenvalue weighted by molar-refractivity contribution is 8.06. The number of benzene rings is 2. The predicted octanol–water partition coefficient (Wildman–Crippen LogP) is 7.64. The van der Waals surface area contributed by atoms with Crippen LogP contribution >= 0.6 is 69.6 Å². The molecule has 1 aliphatic rings. The first-order valence-corrected chi connectivity index (χ1v) is 14.7. The van der Waals surface area contributed by atoms with Crippen LogP contribution in [-0.4, -0.2) is 23.1 Å². The molecule has 0 heterocycles. The van der Waals surface area contributed by atoms with Crippen LogP contribution in [0.4, 0.5) is 0 Å². The molecule has 2 aromatic carbocycles. The van der Waals surface area contributed by atoms with Crippen LogP contribution in [0.1, 0.15) is 25.0 Å². The molecule has 182 valence electrons. The standard InChI is InChI=1S/C22H16Cl6O4S2/c1-13-14(2)18(20(16-11-7-4-8-12-16)34(31,32)22(26,27)28)17(13)19(15-9-5-3-6-10-15)33(29,30)21(23,24)25/h3-12H,1-2H3/b19-17-,20-18+. The first-order chi connectivity index (χ1) is 15.5. The summed E-state index contributed by atoms with van der Waals surface area (Å²) < 4.78 is 48.4. The van der Waals surface area contributed by atoms with E-state index >= 15 is 0 Å². The zero-order chi connectivity index (χ0) is 25.7. The third-order valence-corrected chi connectivity index (χ3v) is 12.1. The second-order valence-corrected chi connectivity index (χ2v) is 17.3. The average Bonchev–Trinajstić information content (AvgIpc) is 2.75. The van der Waals surface area contributed by atoms with E-state index < -0.39 is 25.9 Å². The van der Waals surface area contributed by atoms with Crippen LogP contribution in [0.3, 0.4) is 0 Å². The van der Waals surface area contributed by atoms with Gasteiger partial charge in [-0.3, -0.25) is 0 Å². The number of hydrogen-bond donors (Lipinski definition) is 0. The molecule has 0 atom stereocenters. The van der Waals surface area contributed by atoms with E-state index in [-0.39, 0.29) is 32.1 Å². The highest BCUT2D eigenvalue weighted by atomic mass is 35.6. The van der Waals surface area contributed by atoms with Crippen LogP contribution in [0.25, 0.3) is 9.81 Å². The molecule has 0 saturated carbocycles. The van der Waals surface area contributed by atoms with Gasteiger partial charge < -0.3 is 0 Å². The van der Waals surface area contributed by atoms with Crippen molar-refractivity contribution in [3.8, 4) is 0 Å². The van der Waals surface area contributed by atoms with Gasteiger partial charge in [0.05, 0.1) is 9.81 Å². The van der Waals surface area contributed by atoms with Crippen LogP contribution in [-0.2, 0) is 19.7 Å². The number of hydrogen-bond acceptors (Lipinski definition) is 4. The van der Waals surface area contributed by atoms with Gasteiger partial charge in [-0.15, -0.1) is 0 Å². The lowest BCUT2D eigenvalue weighted by atomic mass is 9.77. The van der Waals surface area contributed by atoms with E-state index in [9.17, 15) is 16.8 Å². The fourth-order valence-electron chi connectivity index (χ4n) is 3.53. The Labute approximate surface area is 228 Å². The van der Waals surface area contributed by atoms with E-state index in [2.05, 4.69) is 0 Å². The molecule has 34 heavy (non-hydrogen) atoms. The molecule has 0 spiro atoms. The van der Waals surface area contributed by atoms with Crippen molar-refractivity contribution in [2.45, 2.75) is 20.1 Å². The highest BCUT2D eigenvalue weighted by Gasteiger charge is 2.49. The monoisotopic (exact) mass is 618 g/mol. The molecule has 0 radical (unpaired) electrons. The minimum Gasteiger partial charge on any atom is -0.219 e. The lowest BCUT2D eigenvalue weighted by Crippen LogP contribution is -2.27. The summed E-state index contributed by atoms with van der Waals surface area (Å²) in [5.74, 6) is 0. The highest BCUT2D eigenvalue weighted by Crippen LogP contribution is 2.54. The molecule has 0 saturated heterocycles. The SMILES string of the molecule is CC1=C(C)C(=C(/c2ccccc2)S(=O)(=O)C(Cl)(Cl)Cl)/C1=C(/c1ccccc1)S(=O)(=O)C(Cl)(Cl)Cl. The molecule has 0 unspecified atom stereocenters. The van der Waals surface area contributed by atoms with Crippen molar-refractivity contribution in [1.29, 1.82) is 0 Å². The van der Waals surface area contributed by atoms with Gasteiger partial charge in [0.25, 0.3) is 6.25 Å². The summed E-state index contributed by atoms with van der Waals surface area (Å²) in [5.41, 5.74) is 1.50. The molecule has 12 heteroatoms. The molecule has 4 nitrogen and oxygen atoms in total. The van der Waals surface area contributed by atoms with Crippen molar-refractivity contribution in [3.63, 3.8) is 0 Å². The van der Waals surface area contributed by atoms with E-state index in [4.69, 9.17) is 69.6 Å². The second kappa shape index (κ2) is 9.64. The number of rotatable bonds is 4. The van der Waals surface area contributed by atoms with Crippen LogP contribution in [0, 0.1) is 0 Å². The van der Waals surface area contributed by atoms with Gasteiger partial charge in [0.2, 0.25) is 19.7 Å². The fourth-order valence-corrected chi connectivity index (χ4v) is 7.33. The Balaban J connectivity index is 2.62. The third-order valence-electron chi connectivity index (χ3n) is 5.24. The van der Waals surface area contributed by atoms with Crippen LogP contribution in [0.2, 0.25) is 0 Å². The van der Waals surface area contributed by atoms with Gasteiger partial charge in [-0.25, -0.2) is 16.8 Å². The van der Waals surface area contributed by atoms with Gasteiger partial charge in [0.1, 0.15) is 0 Å². The van der Waals surface area contributed by atoms with Gasteiger partial charge in [-0.05, 0) is 36.1 Å². The van der Waals surface area contributed by atoms with Crippen LogP contribution in [0.15, 0.2) is 83.0 Å². The Morgan fingerprint density at radius 2 is 0.824 bits per heavy atom. The Hall–Kier alpha value is -0.700. The summed E-state index contributed by atoms with van der Waals surface area (Å²) in [6.07, 6.45) is 0. The van der Waals surface area contributed by atoms with E-state index in [1.54, 1.807) is 50.2 Å². The van der Waals surface area contributed by atoms with Gasteiger partial charge in [0.15, 0.2) is 0 Å². The number of alkyl halides is 6. The van der Waals surface area contributed by atoms with Gasteiger partial charge in [0, 0.05) is 11.1 Å². The molecule has 0 bridgehead atoms. The van der Waals surface area contributed by atoms with Crippen molar-refractivity contribution in [2.75, 3.05) is 0 Å². The topological polar surface area (TPSA) is 68.3 Å². The Bertz CT molecular complexity index is 1320. The van der Waals surface area contributed by atoms with E-state index in [1.165, 1.54) is 24.3 Å². The second-order valence-electron chi connectivity index (χ2n) is 7.29. The Morgan fingerprint density at radius 1 is 0.559 bits per heavy atom. The summed E-state index contributed by atoms with van der Waals surface area (Å²) >= 11 is 35.3. The Morgan fingerprint density at radius 3 is 1.06 bits per heavy atom. The lowest BCUT2D eigenvalue weighted by molar-refractivity contribution is 0.604. The number of allylic oxidation sites excluding steroid dienone is 4. The molecular formula is C22H16Cl6O4S2. The van der Waals surface area contributed by atoms with Crippen molar-refractivity contribution in [1.82, 2.24) is 0 Å². The minimum atomic E-state index is -4.62. The van der Waals surface area contributed by atoms with E-state index in [0.717, 1.165) is 0 Å². The summed E-state index contributed by atoms with van der Waals surface area (Å²) in [4.78, 5) is -0.696. The molecule has 0 aromatic heterocycles. The first kappa shape index (κ1) is 27.9. The van der Waals surface area contributed by atoms with Gasteiger partial charge in [-0.2, -0.15) is 0 Å². The summed E-state index contributed by atoms with van der Waals surface area (Å²) in [6, 6.07) is 15.8. The summed E-state index contributed by atoms with van der Waals surface area (Å²) in [6.45, 7) is 3.27. The molecule has 0 N–H and O–H groups in total. The van der Waals surface area contributed by atoms with Crippen molar-refractivity contribution >= 4 is 99.1 Å². The summed E-state index contributed by atoms with van der Waals surface area (Å²) in [5, 5.41) is 0. The lowest BCUT2D eigenvalue weighted by Gasteiger charge is -2.33. The minimum absolute atomic E-state index is 0.0618. The number of halogens is 6. The maximum Gasteiger partial charge on any atom is 0.297 e. The Kier molecular flexibility index (Phi) is 7.90. The van der Waals surface area contributed by atoms with E-state index in [1.807, 2.05) is 0 Å². The van der Waals surface area contributed by atoms with Crippen molar-refractivity contribution in [3.05, 3.63) is 94.1 Å². The largest absolute Gasteiger partial charge is 0.297 e. The fraction of sp³-hybridized carbons (Fsp3) is 0.182. The molecular weight excluding hydrogens is 605 g/mol. The van der Waals surface area contributed by atoms with Crippen molar-refractivity contribution < 1.29 is 16.8 Å². The average molecular weight is 621 g/mol. The quantitative estimate of drug-likeness (QED) is 0.329. The molecule has 0 aliphatic heterocycles. The normalized spacial score (nSPS) is 18.5. The first-order valence-electron chi connectivity index (χ1n) is 9.44. The van der Waals surface area contributed by atoms with Gasteiger partial charge >= 0.3 is 0 Å². The molecule has 0 amide bonds. The predicted molar refractivity (Wildman–Crippen MR) is 144 cm³/mol. The molecule has 0 fully saturated rings. The third kappa shape index (κ3) is 4.81. The zero-order valence-electron chi connectivity index (χ0n) is 17.5. The molecule has 1 aliphatic carbocycles. The smallest absolute Gasteiger partial charge is 0.219 e. The summed E-state index contributed by atoms with van der Waals surface area (Å²) in [7, 11) is -9.25. The van der Waals surface area contributed by atoms with E-state index in [0.29, 0.717) is 11.1 Å².